The van der Waals surface area contributed by atoms with Crippen molar-refractivity contribution in [2.24, 2.45) is 0 Å². The summed E-state index contributed by atoms with van der Waals surface area (Å²) in [7, 11) is -3.36. The predicted molar refractivity (Wildman–Crippen MR) is 105 cm³/mol. The molecular weight excluding hydrogens is 366 g/mol. The average molecular weight is 394 g/mol. The second-order valence-corrected chi connectivity index (χ2v) is 8.95. The number of H-pyrrole nitrogens is 1. The van der Waals surface area contributed by atoms with E-state index in [4.69, 9.17) is 4.74 Å². The Balaban J connectivity index is 1.45. The fourth-order valence-corrected chi connectivity index (χ4v) is 4.26. The molecule has 1 amide bonds. The molecule has 1 saturated heterocycles. The lowest BCUT2D eigenvalue weighted by molar-refractivity contribution is -0.121. The van der Waals surface area contributed by atoms with E-state index in [0.717, 1.165) is 35.7 Å². The molecule has 2 heterocycles. The number of carbonyl (C=O) groups is 1. The maximum absolute atomic E-state index is 12.1. The Bertz CT molecular complexity index is 872. The normalized spacial score (nSPS) is 17.6. The monoisotopic (exact) mass is 393 g/mol. The first-order valence-electron chi connectivity index (χ1n) is 9.32. The molecule has 1 aliphatic rings. The number of rotatable bonds is 9. The SMILES string of the molecule is CS(=O)(=O)N(CCC(=O)NCCc1c[nH]c2ccccc12)CC1CCCO1. The van der Waals surface area contributed by atoms with Crippen LogP contribution in [0.15, 0.2) is 30.5 Å². The smallest absolute Gasteiger partial charge is 0.221 e. The molecule has 1 unspecified atom stereocenters. The van der Waals surface area contributed by atoms with E-state index in [9.17, 15) is 13.2 Å². The summed E-state index contributed by atoms with van der Waals surface area (Å²) >= 11 is 0. The number of nitrogens with one attached hydrogen (secondary N) is 2. The number of sulfonamides is 1. The lowest BCUT2D eigenvalue weighted by Crippen LogP contribution is -2.39. The van der Waals surface area contributed by atoms with Gasteiger partial charge in [-0.3, -0.25) is 4.79 Å². The van der Waals surface area contributed by atoms with Crippen molar-refractivity contribution in [1.29, 1.82) is 0 Å². The quantitative estimate of drug-likeness (QED) is 0.678. The van der Waals surface area contributed by atoms with Gasteiger partial charge in [0.1, 0.15) is 0 Å². The summed E-state index contributed by atoms with van der Waals surface area (Å²) in [6.07, 6.45) is 5.76. The molecule has 0 saturated carbocycles. The Hall–Kier alpha value is -1.90. The van der Waals surface area contributed by atoms with E-state index in [1.165, 1.54) is 10.6 Å². The Morgan fingerprint density at radius 3 is 2.93 bits per heavy atom. The fourth-order valence-electron chi connectivity index (χ4n) is 3.40. The van der Waals surface area contributed by atoms with Crippen molar-refractivity contribution in [3.63, 3.8) is 0 Å². The topological polar surface area (TPSA) is 91.5 Å². The number of hydrogen-bond acceptors (Lipinski definition) is 4. The number of para-hydroxylation sites is 1. The highest BCUT2D eigenvalue weighted by atomic mass is 32.2. The number of ether oxygens (including phenoxy) is 1. The molecule has 0 spiro atoms. The number of hydrogen-bond donors (Lipinski definition) is 2. The van der Waals surface area contributed by atoms with Crippen LogP contribution in [0, 0.1) is 0 Å². The molecule has 27 heavy (non-hydrogen) atoms. The summed E-state index contributed by atoms with van der Waals surface area (Å²) < 4.78 is 30.8. The van der Waals surface area contributed by atoms with E-state index < -0.39 is 10.0 Å². The van der Waals surface area contributed by atoms with Crippen molar-refractivity contribution in [3.8, 4) is 0 Å². The molecule has 3 rings (SSSR count). The fraction of sp³-hybridized carbons (Fsp3) is 0.526. The summed E-state index contributed by atoms with van der Waals surface area (Å²) in [6.45, 7) is 1.70. The van der Waals surface area contributed by atoms with Crippen LogP contribution in [0.3, 0.4) is 0 Å². The molecule has 1 aliphatic heterocycles. The van der Waals surface area contributed by atoms with Gasteiger partial charge in [-0.2, -0.15) is 4.31 Å². The number of aromatic amines is 1. The molecule has 0 bridgehead atoms. The van der Waals surface area contributed by atoms with Crippen molar-refractivity contribution in [2.45, 2.75) is 31.8 Å². The van der Waals surface area contributed by atoms with Gasteiger partial charge in [-0.05, 0) is 30.9 Å². The lowest BCUT2D eigenvalue weighted by atomic mass is 10.1. The average Bonchev–Trinajstić information content (AvgIpc) is 3.27. The van der Waals surface area contributed by atoms with Crippen molar-refractivity contribution in [1.82, 2.24) is 14.6 Å². The van der Waals surface area contributed by atoms with Crippen molar-refractivity contribution in [3.05, 3.63) is 36.0 Å². The number of fused-ring (bicyclic) bond motifs is 1. The second-order valence-electron chi connectivity index (χ2n) is 6.97. The van der Waals surface area contributed by atoms with Crippen LogP contribution in [0.25, 0.3) is 10.9 Å². The zero-order chi connectivity index (χ0) is 19.3. The third-order valence-electron chi connectivity index (χ3n) is 4.88. The second kappa shape index (κ2) is 8.86. The standard InChI is InChI=1S/C19H27N3O4S/c1-27(24,25)22(14-16-5-4-12-26-16)11-9-19(23)20-10-8-15-13-21-18-7-3-2-6-17(15)18/h2-3,6-7,13,16,21H,4-5,8-12,14H2,1H3,(H,20,23). The van der Waals surface area contributed by atoms with Gasteiger partial charge in [0.25, 0.3) is 0 Å². The van der Waals surface area contributed by atoms with Crippen molar-refractivity contribution in [2.75, 3.05) is 32.5 Å². The van der Waals surface area contributed by atoms with Gasteiger partial charge in [-0.1, -0.05) is 18.2 Å². The Labute approximate surface area is 160 Å². The van der Waals surface area contributed by atoms with E-state index in [-0.39, 0.29) is 25.0 Å². The molecule has 0 aliphatic carbocycles. The molecular formula is C19H27N3O4S. The molecule has 8 heteroatoms. The Kier molecular flexibility index (Phi) is 6.51. The van der Waals surface area contributed by atoms with Crippen LogP contribution in [0.1, 0.15) is 24.8 Å². The minimum absolute atomic E-state index is 0.0651. The lowest BCUT2D eigenvalue weighted by Gasteiger charge is -2.22. The Morgan fingerprint density at radius 2 is 2.19 bits per heavy atom. The van der Waals surface area contributed by atoms with Crippen molar-refractivity contribution < 1.29 is 17.9 Å². The summed E-state index contributed by atoms with van der Waals surface area (Å²) in [5.74, 6) is -0.143. The van der Waals surface area contributed by atoms with Crippen LogP contribution in [0.5, 0.6) is 0 Å². The highest BCUT2D eigenvalue weighted by molar-refractivity contribution is 7.88. The van der Waals surface area contributed by atoms with Crippen LogP contribution in [-0.2, 0) is 26.0 Å². The van der Waals surface area contributed by atoms with E-state index in [0.29, 0.717) is 19.7 Å². The molecule has 1 aromatic carbocycles. The number of benzene rings is 1. The van der Waals surface area contributed by atoms with Gasteiger partial charge < -0.3 is 15.0 Å². The minimum Gasteiger partial charge on any atom is -0.377 e. The zero-order valence-electron chi connectivity index (χ0n) is 15.6. The first kappa shape index (κ1) is 19.9. The van der Waals surface area contributed by atoms with Gasteiger partial charge in [0.05, 0.1) is 12.4 Å². The number of amides is 1. The first-order chi connectivity index (χ1) is 12.9. The number of nitrogens with zero attached hydrogens (tertiary/aromatic N) is 1. The highest BCUT2D eigenvalue weighted by Crippen LogP contribution is 2.18. The molecule has 148 valence electrons. The third-order valence-corrected chi connectivity index (χ3v) is 6.15. The van der Waals surface area contributed by atoms with Crippen LogP contribution < -0.4 is 5.32 Å². The number of carbonyl (C=O) groups excluding carboxylic acids is 1. The molecule has 0 radical (unpaired) electrons. The molecule has 1 aromatic heterocycles. The van der Waals surface area contributed by atoms with E-state index in [1.807, 2.05) is 24.4 Å². The van der Waals surface area contributed by atoms with Gasteiger partial charge in [-0.25, -0.2) is 8.42 Å². The van der Waals surface area contributed by atoms with Gasteiger partial charge in [-0.15, -0.1) is 0 Å². The van der Waals surface area contributed by atoms with E-state index in [1.54, 1.807) is 0 Å². The van der Waals surface area contributed by atoms with Gasteiger partial charge in [0, 0.05) is 49.8 Å². The largest absolute Gasteiger partial charge is 0.377 e. The van der Waals surface area contributed by atoms with E-state index >= 15 is 0 Å². The van der Waals surface area contributed by atoms with E-state index in [2.05, 4.69) is 16.4 Å². The molecule has 2 N–H and O–H groups in total. The van der Waals surface area contributed by atoms with Gasteiger partial charge >= 0.3 is 0 Å². The van der Waals surface area contributed by atoms with Gasteiger partial charge in [0.2, 0.25) is 15.9 Å². The maximum Gasteiger partial charge on any atom is 0.221 e. The van der Waals surface area contributed by atoms with Crippen molar-refractivity contribution >= 4 is 26.8 Å². The minimum atomic E-state index is -3.36. The molecule has 1 fully saturated rings. The van der Waals surface area contributed by atoms with Crippen LogP contribution in [0.2, 0.25) is 0 Å². The van der Waals surface area contributed by atoms with Crippen LogP contribution in [0.4, 0.5) is 0 Å². The highest BCUT2D eigenvalue weighted by Gasteiger charge is 2.25. The first-order valence-corrected chi connectivity index (χ1v) is 11.2. The summed E-state index contributed by atoms with van der Waals surface area (Å²) in [6, 6.07) is 8.05. The Morgan fingerprint density at radius 1 is 1.37 bits per heavy atom. The van der Waals surface area contributed by atoms with Crippen LogP contribution >= 0.6 is 0 Å². The summed E-state index contributed by atoms with van der Waals surface area (Å²) in [5, 5.41) is 4.04. The zero-order valence-corrected chi connectivity index (χ0v) is 16.4. The summed E-state index contributed by atoms with van der Waals surface area (Å²) in [5.41, 5.74) is 2.23. The predicted octanol–water partition coefficient (Wildman–Crippen LogP) is 1.66. The molecule has 2 aromatic rings. The molecule has 1 atom stereocenters. The van der Waals surface area contributed by atoms with Crippen LogP contribution in [-0.4, -0.2) is 62.2 Å². The number of aromatic nitrogens is 1. The third kappa shape index (κ3) is 5.54. The summed E-state index contributed by atoms with van der Waals surface area (Å²) in [4.78, 5) is 15.4. The molecule has 7 nitrogen and oxygen atoms in total. The maximum atomic E-state index is 12.1. The van der Waals surface area contributed by atoms with Gasteiger partial charge in [0.15, 0.2) is 0 Å².